The number of methoxy groups -OCH3 is 1. The molecule has 0 spiro atoms. The van der Waals surface area contributed by atoms with Gasteiger partial charge >= 0.3 is 0 Å². The monoisotopic (exact) mass is 297 g/mol. The Balaban J connectivity index is 2.67. The highest BCUT2D eigenvalue weighted by Crippen LogP contribution is 2.19. The van der Waals surface area contributed by atoms with E-state index in [-0.39, 0.29) is 10.6 Å². The van der Waals surface area contributed by atoms with Crippen LogP contribution in [0.15, 0.2) is 30.0 Å². The van der Waals surface area contributed by atoms with Crippen LogP contribution in [0.3, 0.4) is 0 Å². The van der Waals surface area contributed by atoms with Crippen molar-refractivity contribution in [2.24, 2.45) is 0 Å². The number of ether oxygens (including phenoxy) is 1. The summed E-state index contributed by atoms with van der Waals surface area (Å²) in [6.07, 6.45) is 1.23. The van der Waals surface area contributed by atoms with Crippen molar-refractivity contribution in [2.45, 2.75) is 0 Å². The Morgan fingerprint density at radius 3 is 2.95 bits per heavy atom. The van der Waals surface area contributed by atoms with Crippen molar-refractivity contribution in [2.75, 3.05) is 25.6 Å². The number of carbonyl (C=O) groups excluding carboxylic acids is 1. The lowest BCUT2D eigenvalue weighted by molar-refractivity contribution is -0.117. The van der Waals surface area contributed by atoms with Crippen LogP contribution < -0.4 is 10.6 Å². The standard InChI is InChI=1S/C13H13ClFN3O2/c1-20-5-4-17-13(19)9(7-16)8-18-10-2-3-12(15)11(14)6-10/h2-3,6,8,18H,4-5H2,1H3,(H,17,19)/b9-8-. The number of hydrogen-bond acceptors (Lipinski definition) is 4. The van der Waals surface area contributed by atoms with Crippen molar-refractivity contribution < 1.29 is 13.9 Å². The lowest BCUT2D eigenvalue weighted by Gasteiger charge is -2.05. The highest BCUT2D eigenvalue weighted by atomic mass is 35.5. The molecule has 0 aliphatic rings. The summed E-state index contributed by atoms with van der Waals surface area (Å²) < 4.78 is 17.7. The highest BCUT2D eigenvalue weighted by Gasteiger charge is 2.08. The van der Waals surface area contributed by atoms with Gasteiger partial charge in [0.2, 0.25) is 0 Å². The van der Waals surface area contributed by atoms with E-state index in [9.17, 15) is 9.18 Å². The predicted octanol–water partition coefficient (Wildman–Crippen LogP) is 2.06. The van der Waals surface area contributed by atoms with E-state index in [1.807, 2.05) is 0 Å². The van der Waals surface area contributed by atoms with Crippen LogP contribution in [0.25, 0.3) is 0 Å². The number of amides is 1. The molecule has 20 heavy (non-hydrogen) atoms. The summed E-state index contributed by atoms with van der Waals surface area (Å²) in [5.41, 5.74) is 0.357. The Labute approximate surface area is 121 Å². The third kappa shape index (κ3) is 4.88. The van der Waals surface area contributed by atoms with Crippen molar-refractivity contribution in [3.8, 4) is 6.07 Å². The molecule has 0 aromatic heterocycles. The second-order valence-corrected chi connectivity index (χ2v) is 4.10. The third-order valence-corrected chi connectivity index (χ3v) is 2.55. The summed E-state index contributed by atoms with van der Waals surface area (Å²) in [4.78, 5) is 11.6. The first-order valence-electron chi connectivity index (χ1n) is 5.67. The summed E-state index contributed by atoms with van der Waals surface area (Å²) in [6, 6.07) is 5.74. The molecule has 0 atom stereocenters. The fraction of sp³-hybridized carbons (Fsp3) is 0.231. The molecule has 0 bridgehead atoms. The number of benzene rings is 1. The lowest BCUT2D eigenvalue weighted by Crippen LogP contribution is -2.28. The summed E-state index contributed by atoms with van der Waals surface area (Å²) in [5, 5.41) is 14.1. The number of carbonyl (C=O) groups is 1. The largest absolute Gasteiger partial charge is 0.383 e. The molecule has 1 aromatic rings. The van der Waals surface area contributed by atoms with E-state index < -0.39 is 11.7 Å². The van der Waals surface area contributed by atoms with E-state index >= 15 is 0 Å². The zero-order chi connectivity index (χ0) is 15.0. The van der Waals surface area contributed by atoms with E-state index in [1.165, 1.54) is 31.5 Å². The molecule has 0 heterocycles. The normalized spacial score (nSPS) is 10.8. The van der Waals surface area contributed by atoms with Gasteiger partial charge in [0.1, 0.15) is 17.5 Å². The smallest absolute Gasteiger partial charge is 0.263 e. The molecule has 7 heteroatoms. The van der Waals surface area contributed by atoms with E-state index in [0.717, 1.165) is 0 Å². The molecule has 0 aliphatic heterocycles. The van der Waals surface area contributed by atoms with Crippen molar-refractivity contribution >= 4 is 23.2 Å². The SMILES string of the molecule is COCCNC(=O)/C(C#N)=C\Nc1ccc(F)c(Cl)c1. The predicted molar refractivity (Wildman–Crippen MR) is 73.6 cm³/mol. The first-order valence-corrected chi connectivity index (χ1v) is 6.05. The van der Waals surface area contributed by atoms with E-state index in [1.54, 1.807) is 6.07 Å². The van der Waals surface area contributed by atoms with Crippen LogP contribution >= 0.6 is 11.6 Å². The Kier molecular flexibility index (Phi) is 6.50. The Morgan fingerprint density at radius 2 is 2.35 bits per heavy atom. The average Bonchev–Trinajstić information content (AvgIpc) is 2.43. The summed E-state index contributed by atoms with van der Waals surface area (Å²) in [7, 11) is 1.51. The van der Waals surface area contributed by atoms with Gasteiger partial charge in [-0.3, -0.25) is 4.79 Å². The maximum Gasteiger partial charge on any atom is 0.263 e. The van der Waals surface area contributed by atoms with E-state index in [4.69, 9.17) is 21.6 Å². The van der Waals surface area contributed by atoms with Crippen LogP contribution in [0.4, 0.5) is 10.1 Å². The minimum atomic E-state index is -0.543. The Hall–Kier alpha value is -2.10. The molecule has 0 aliphatic carbocycles. The Bertz CT molecular complexity index is 555. The van der Waals surface area contributed by atoms with Crippen molar-refractivity contribution in [3.63, 3.8) is 0 Å². The molecule has 1 rings (SSSR count). The number of nitriles is 1. The van der Waals surface area contributed by atoms with Gasteiger partial charge < -0.3 is 15.4 Å². The molecule has 0 radical (unpaired) electrons. The number of hydrogen-bond donors (Lipinski definition) is 2. The minimum absolute atomic E-state index is 0.0496. The lowest BCUT2D eigenvalue weighted by atomic mass is 10.2. The van der Waals surface area contributed by atoms with Crippen molar-refractivity contribution in [1.29, 1.82) is 5.26 Å². The molecule has 0 fully saturated rings. The van der Waals surface area contributed by atoms with Gasteiger partial charge in [-0.15, -0.1) is 0 Å². The maximum atomic E-state index is 13.0. The molecule has 0 unspecified atom stereocenters. The second-order valence-electron chi connectivity index (χ2n) is 3.69. The van der Waals surface area contributed by atoms with E-state index in [2.05, 4.69) is 10.6 Å². The number of anilines is 1. The number of halogens is 2. The first-order chi connectivity index (χ1) is 9.58. The van der Waals surface area contributed by atoms with Crippen LogP contribution in [-0.2, 0) is 9.53 Å². The molecular formula is C13H13ClFN3O2. The quantitative estimate of drug-likeness (QED) is 0.479. The fourth-order valence-electron chi connectivity index (χ4n) is 1.25. The van der Waals surface area contributed by atoms with Gasteiger partial charge in [0, 0.05) is 25.5 Å². The zero-order valence-electron chi connectivity index (χ0n) is 10.7. The average molecular weight is 298 g/mol. The molecular weight excluding hydrogens is 285 g/mol. The Morgan fingerprint density at radius 1 is 1.60 bits per heavy atom. The maximum absolute atomic E-state index is 13.0. The molecule has 5 nitrogen and oxygen atoms in total. The van der Waals surface area contributed by atoms with Crippen LogP contribution in [0.2, 0.25) is 5.02 Å². The van der Waals surface area contributed by atoms with Crippen LogP contribution in [-0.4, -0.2) is 26.2 Å². The first kappa shape index (κ1) is 16.0. The number of rotatable bonds is 6. The summed E-state index contributed by atoms with van der Waals surface area (Å²) in [6.45, 7) is 0.655. The molecule has 1 amide bonds. The zero-order valence-corrected chi connectivity index (χ0v) is 11.5. The van der Waals surface area contributed by atoms with Gasteiger partial charge in [-0.25, -0.2) is 4.39 Å². The fourth-order valence-corrected chi connectivity index (χ4v) is 1.43. The van der Waals surface area contributed by atoms with Crippen LogP contribution in [0.1, 0.15) is 0 Å². The van der Waals surface area contributed by atoms with Crippen LogP contribution in [0, 0.1) is 17.1 Å². The number of nitrogens with one attached hydrogen (secondary N) is 2. The molecule has 2 N–H and O–H groups in total. The van der Waals surface area contributed by atoms with Gasteiger partial charge in [-0.1, -0.05) is 11.6 Å². The second kappa shape index (κ2) is 8.15. The third-order valence-electron chi connectivity index (χ3n) is 2.26. The summed E-state index contributed by atoms with van der Waals surface area (Å²) >= 11 is 5.62. The van der Waals surface area contributed by atoms with Crippen molar-refractivity contribution in [1.82, 2.24) is 5.32 Å². The topological polar surface area (TPSA) is 74.1 Å². The van der Waals surface area contributed by atoms with Gasteiger partial charge in [0.25, 0.3) is 5.91 Å². The van der Waals surface area contributed by atoms with Gasteiger partial charge in [-0.05, 0) is 18.2 Å². The highest BCUT2D eigenvalue weighted by molar-refractivity contribution is 6.31. The van der Waals surface area contributed by atoms with Gasteiger partial charge in [-0.2, -0.15) is 5.26 Å². The minimum Gasteiger partial charge on any atom is -0.383 e. The van der Waals surface area contributed by atoms with Gasteiger partial charge in [0.05, 0.1) is 11.6 Å². The van der Waals surface area contributed by atoms with Crippen molar-refractivity contribution in [3.05, 3.63) is 40.8 Å². The number of nitrogens with zero attached hydrogens (tertiary/aromatic N) is 1. The van der Waals surface area contributed by atoms with Gasteiger partial charge in [0.15, 0.2) is 0 Å². The molecule has 0 saturated carbocycles. The molecule has 1 aromatic carbocycles. The molecule has 0 saturated heterocycles. The van der Waals surface area contributed by atoms with E-state index in [0.29, 0.717) is 18.8 Å². The summed E-state index contributed by atoms with van der Waals surface area (Å²) in [5.74, 6) is -1.07. The van der Waals surface area contributed by atoms with Crippen LogP contribution in [0.5, 0.6) is 0 Å². The molecule has 106 valence electrons.